The number of nitrogens with one attached hydrogen (secondary N) is 1. The standard InChI is InChI=1S/C10H10BrClN4O/c11-6-1-2-7(12)8(5-6)14-10-16-15-9(17-10)3-4-13/h1-2,5H,3-4,13H2,(H,14,16). The van der Waals surface area contributed by atoms with Gasteiger partial charge in [0, 0.05) is 17.4 Å². The number of hydrogen-bond donors (Lipinski definition) is 2. The monoisotopic (exact) mass is 316 g/mol. The Morgan fingerprint density at radius 1 is 1.41 bits per heavy atom. The maximum absolute atomic E-state index is 6.02. The molecule has 3 N–H and O–H groups in total. The number of nitrogens with two attached hydrogens (primary N) is 1. The average Bonchev–Trinajstić information content (AvgIpc) is 2.72. The molecule has 0 radical (unpaired) electrons. The Bertz CT molecular complexity index is 517. The molecule has 90 valence electrons. The van der Waals surface area contributed by atoms with Gasteiger partial charge < -0.3 is 15.5 Å². The van der Waals surface area contributed by atoms with Gasteiger partial charge in [0.1, 0.15) is 0 Å². The second-order valence-corrected chi connectivity index (χ2v) is 4.61. The molecule has 0 unspecified atom stereocenters. The van der Waals surface area contributed by atoms with Gasteiger partial charge >= 0.3 is 6.01 Å². The molecular weight excluding hydrogens is 307 g/mol. The lowest BCUT2D eigenvalue weighted by Crippen LogP contribution is -2.02. The topological polar surface area (TPSA) is 77.0 Å². The summed E-state index contributed by atoms with van der Waals surface area (Å²) in [6.45, 7) is 0.472. The van der Waals surface area contributed by atoms with E-state index in [1.54, 1.807) is 6.07 Å². The fourth-order valence-corrected chi connectivity index (χ4v) is 1.76. The van der Waals surface area contributed by atoms with Crippen molar-refractivity contribution >= 4 is 39.2 Å². The van der Waals surface area contributed by atoms with Crippen LogP contribution in [0, 0.1) is 0 Å². The van der Waals surface area contributed by atoms with Crippen molar-refractivity contribution in [1.82, 2.24) is 10.2 Å². The zero-order valence-electron chi connectivity index (χ0n) is 8.78. The third-order valence-corrected chi connectivity index (χ3v) is 2.82. The van der Waals surface area contributed by atoms with E-state index in [0.717, 1.165) is 4.47 Å². The highest BCUT2D eigenvalue weighted by molar-refractivity contribution is 9.10. The number of anilines is 2. The zero-order valence-corrected chi connectivity index (χ0v) is 11.1. The minimum Gasteiger partial charge on any atom is -0.408 e. The predicted octanol–water partition coefficient (Wildman–Crippen LogP) is 2.73. The van der Waals surface area contributed by atoms with Crippen LogP contribution in [0.1, 0.15) is 5.89 Å². The van der Waals surface area contributed by atoms with E-state index in [1.165, 1.54) is 0 Å². The lowest BCUT2D eigenvalue weighted by atomic mass is 10.3. The highest BCUT2D eigenvalue weighted by atomic mass is 79.9. The number of hydrogen-bond acceptors (Lipinski definition) is 5. The van der Waals surface area contributed by atoms with E-state index in [-0.39, 0.29) is 0 Å². The van der Waals surface area contributed by atoms with Crippen LogP contribution >= 0.6 is 27.5 Å². The van der Waals surface area contributed by atoms with Crippen LogP contribution in [-0.4, -0.2) is 16.7 Å². The molecule has 0 aliphatic carbocycles. The number of halogens is 2. The summed E-state index contributed by atoms with van der Waals surface area (Å²) in [5.41, 5.74) is 6.09. The van der Waals surface area contributed by atoms with E-state index in [4.69, 9.17) is 21.8 Å². The Balaban J connectivity index is 2.16. The smallest absolute Gasteiger partial charge is 0.320 e. The van der Waals surface area contributed by atoms with Gasteiger partial charge in [-0.1, -0.05) is 32.6 Å². The first-order valence-corrected chi connectivity index (χ1v) is 6.10. The van der Waals surface area contributed by atoms with Gasteiger partial charge in [0.15, 0.2) is 0 Å². The molecule has 5 nitrogen and oxygen atoms in total. The van der Waals surface area contributed by atoms with Gasteiger partial charge in [-0.25, -0.2) is 0 Å². The molecule has 7 heteroatoms. The normalized spacial score (nSPS) is 10.5. The lowest BCUT2D eigenvalue weighted by molar-refractivity contribution is 0.510. The summed E-state index contributed by atoms with van der Waals surface area (Å²) in [5, 5.41) is 11.2. The maximum atomic E-state index is 6.02. The van der Waals surface area contributed by atoms with E-state index in [2.05, 4.69) is 31.4 Å². The van der Waals surface area contributed by atoms with E-state index >= 15 is 0 Å². The summed E-state index contributed by atoms with van der Waals surface area (Å²) in [4.78, 5) is 0. The number of rotatable bonds is 4. The van der Waals surface area contributed by atoms with Crippen LogP contribution in [0.2, 0.25) is 5.02 Å². The van der Waals surface area contributed by atoms with Gasteiger partial charge in [0.25, 0.3) is 0 Å². The fourth-order valence-electron chi connectivity index (χ4n) is 1.24. The highest BCUT2D eigenvalue weighted by Gasteiger charge is 2.07. The van der Waals surface area contributed by atoms with Gasteiger partial charge in [0.05, 0.1) is 10.7 Å². The molecule has 0 amide bonds. The van der Waals surface area contributed by atoms with Crippen molar-refractivity contribution in [2.24, 2.45) is 5.73 Å². The molecule has 0 aliphatic heterocycles. The Hall–Kier alpha value is -1.11. The average molecular weight is 318 g/mol. The number of aromatic nitrogens is 2. The highest BCUT2D eigenvalue weighted by Crippen LogP contribution is 2.28. The van der Waals surface area contributed by atoms with E-state index in [9.17, 15) is 0 Å². The second kappa shape index (κ2) is 5.48. The molecule has 0 aliphatic rings. The van der Waals surface area contributed by atoms with E-state index < -0.39 is 0 Å². The van der Waals surface area contributed by atoms with Crippen LogP contribution in [0.25, 0.3) is 0 Å². The van der Waals surface area contributed by atoms with Crippen molar-refractivity contribution in [3.63, 3.8) is 0 Å². The first-order chi connectivity index (χ1) is 8.19. The summed E-state index contributed by atoms with van der Waals surface area (Å²) < 4.78 is 6.24. The third kappa shape index (κ3) is 3.18. The SMILES string of the molecule is NCCc1nnc(Nc2cc(Br)ccc2Cl)o1. The van der Waals surface area contributed by atoms with Crippen LogP contribution in [0.5, 0.6) is 0 Å². The van der Waals surface area contributed by atoms with Crippen molar-refractivity contribution in [3.05, 3.63) is 33.6 Å². The van der Waals surface area contributed by atoms with E-state index in [0.29, 0.717) is 35.6 Å². The molecule has 2 rings (SSSR count). The van der Waals surface area contributed by atoms with Crippen LogP contribution in [0.4, 0.5) is 11.7 Å². The van der Waals surface area contributed by atoms with Crippen LogP contribution in [0.3, 0.4) is 0 Å². The Labute approximate surface area is 111 Å². The summed E-state index contributed by atoms with van der Waals surface area (Å²) in [5.74, 6) is 0.501. The molecule has 0 fully saturated rings. The van der Waals surface area contributed by atoms with Crippen molar-refractivity contribution in [3.8, 4) is 0 Å². The molecule has 0 saturated heterocycles. The largest absolute Gasteiger partial charge is 0.408 e. The molecule has 0 saturated carbocycles. The minimum absolute atomic E-state index is 0.299. The fraction of sp³-hybridized carbons (Fsp3) is 0.200. The van der Waals surface area contributed by atoms with E-state index in [1.807, 2.05) is 12.1 Å². The maximum Gasteiger partial charge on any atom is 0.320 e. The zero-order chi connectivity index (χ0) is 12.3. The summed E-state index contributed by atoms with van der Waals surface area (Å²) in [6.07, 6.45) is 0.556. The first-order valence-electron chi connectivity index (χ1n) is 4.93. The van der Waals surface area contributed by atoms with Crippen LogP contribution < -0.4 is 11.1 Å². The molecule has 0 spiro atoms. The van der Waals surface area contributed by atoms with Gasteiger partial charge in [-0.2, -0.15) is 0 Å². The quantitative estimate of drug-likeness (QED) is 0.906. The predicted molar refractivity (Wildman–Crippen MR) is 69.5 cm³/mol. The summed E-state index contributed by atoms with van der Waals surface area (Å²) in [7, 11) is 0. The van der Waals surface area contributed by atoms with Gasteiger partial charge in [0.2, 0.25) is 5.89 Å². The molecule has 1 aromatic carbocycles. The number of nitrogens with zero attached hydrogens (tertiary/aromatic N) is 2. The molecule has 1 aromatic heterocycles. The van der Waals surface area contributed by atoms with Crippen molar-refractivity contribution in [1.29, 1.82) is 0 Å². The Morgan fingerprint density at radius 2 is 2.24 bits per heavy atom. The Kier molecular flexibility index (Phi) is 3.98. The molecule has 1 heterocycles. The van der Waals surface area contributed by atoms with Crippen LogP contribution in [0.15, 0.2) is 27.1 Å². The lowest BCUT2D eigenvalue weighted by Gasteiger charge is -2.04. The minimum atomic E-state index is 0.299. The molecule has 0 bridgehead atoms. The van der Waals surface area contributed by atoms with Crippen molar-refractivity contribution in [2.75, 3.05) is 11.9 Å². The molecule has 0 atom stereocenters. The van der Waals surface area contributed by atoms with Gasteiger partial charge in [-0.05, 0) is 18.2 Å². The van der Waals surface area contributed by atoms with Gasteiger partial charge in [-0.3, -0.25) is 0 Å². The first kappa shape index (κ1) is 12.3. The Morgan fingerprint density at radius 3 is 3.00 bits per heavy atom. The third-order valence-electron chi connectivity index (χ3n) is 2.00. The van der Waals surface area contributed by atoms with Crippen molar-refractivity contribution < 1.29 is 4.42 Å². The second-order valence-electron chi connectivity index (χ2n) is 3.29. The molecule has 2 aromatic rings. The summed E-state index contributed by atoms with van der Waals surface area (Å²) in [6, 6.07) is 5.75. The number of benzene rings is 1. The van der Waals surface area contributed by atoms with Crippen LogP contribution in [-0.2, 0) is 6.42 Å². The van der Waals surface area contributed by atoms with Crippen molar-refractivity contribution in [2.45, 2.75) is 6.42 Å². The molecule has 17 heavy (non-hydrogen) atoms. The molecular formula is C10H10BrClN4O. The summed E-state index contributed by atoms with van der Waals surface area (Å²) >= 11 is 9.38. The van der Waals surface area contributed by atoms with Gasteiger partial charge in [-0.15, -0.1) is 5.10 Å².